The van der Waals surface area contributed by atoms with E-state index in [1.807, 2.05) is 26.8 Å². The van der Waals surface area contributed by atoms with Gasteiger partial charge in [0.25, 0.3) is 5.91 Å². The summed E-state index contributed by atoms with van der Waals surface area (Å²) in [6, 6.07) is 5.52. The zero-order chi connectivity index (χ0) is 20.3. The molecule has 3 rings (SSSR count). The first-order chi connectivity index (χ1) is 13.4. The minimum atomic E-state index is -0.185. The number of nitrogen functional groups attached to an aromatic ring is 1. The predicted octanol–water partition coefficient (Wildman–Crippen LogP) is 2.23. The Hall–Kier alpha value is -3.67. The number of pyridine rings is 2. The summed E-state index contributed by atoms with van der Waals surface area (Å²) in [5.41, 5.74) is 7.75. The van der Waals surface area contributed by atoms with Gasteiger partial charge in [-0.2, -0.15) is 15.0 Å². The van der Waals surface area contributed by atoms with Crippen molar-refractivity contribution in [3.63, 3.8) is 0 Å². The van der Waals surface area contributed by atoms with Gasteiger partial charge in [0.2, 0.25) is 0 Å². The Morgan fingerprint density at radius 2 is 2.14 bits per heavy atom. The highest BCUT2D eigenvalue weighted by Crippen LogP contribution is 2.23. The van der Waals surface area contributed by atoms with Crippen molar-refractivity contribution >= 4 is 28.4 Å². The molecule has 9 heteroatoms. The Kier molecular flexibility index (Phi) is 5.40. The number of fused-ring (bicyclic) bond motifs is 1. The molecule has 0 saturated carbocycles. The van der Waals surface area contributed by atoms with Gasteiger partial charge < -0.3 is 16.4 Å². The van der Waals surface area contributed by atoms with Crippen LogP contribution in [0.1, 0.15) is 43.1 Å². The lowest BCUT2D eigenvalue weighted by molar-refractivity contribution is 0.0954. The number of nitriles is 1. The Bertz CT molecular complexity index is 1060. The quantitative estimate of drug-likeness (QED) is 0.598. The molecule has 28 heavy (non-hydrogen) atoms. The molecule has 0 bridgehead atoms. The third-order valence-electron chi connectivity index (χ3n) is 4.02. The van der Waals surface area contributed by atoms with Gasteiger partial charge in [0, 0.05) is 30.2 Å². The highest BCUT2D eigenvalue weighted by atomic mass is 16.1. The van der Waals surface area contributed by atoms with Gasteiger partial charge in [-0.05, 0) is 26.3 Å². The first-order valence-electron chi connectivity index (χ1n) is 9.04. The molecule has 4 N–H and O–H groups in total. The number of anilines is 2. The van der Waals surface area contributed by atoms with E-state index >= 15 is 0 Å². The van der Waals surface area contributed by atoms with Crippen molar-refractivity contribution in [2.45, 2.75) is 33.2 Å². The SMILES string of the molecule is CCCNC(=O)c1cnc(-n2ncc3cc(C#N)c(N)nc32)cc1NC(C)C. The molecule has 144 valence electrons. The van der Waals surface area contributed by atoms with Crippen molar-refractivity contribution in [2.75, 3.05) is 17.6 Å². The summed E-state index contributed by atoms with van der Waals surface area (Å²) in [5, 5.41) is 20.3. The van der Waals surface area contributed by atoms with Crippen molar-refractivity contribution in [1.29, 1.82) is 5.26 Å². The largest absolute Gasteiger partial charge is 0.383 e. The van der Waals surface area contributed by atoms with E-state index < -0.39 is 0 Å². The molecule has 0 saturated heterocycles. The lowest BCUT2D eigenvalue weighted by atomic mass is 10.2. The van der Waals surface area contributed by atoms with Crippen LogP contribution in [0.3, 0.4) is 0 Å². The molecule has 0 aliphatic rings. The molecular weight excluding hydrogens is 356 g/mol. The van der Waals surface area contributed by atoms with Gasteiger partial charge in [-0.25, -0.2) is 9.97 Å². The second kappa shape index (κ2) is 7.92. The van der Waals surface area contributed by atoms with Crippen LogP contribution in [0.25, 0.3) is 16.9 Å². The zero-order valence-electron chi connectivity index (χ0n) is 16.0. The van der Waals surface area contributed by atoms with Crippen LogP contribution >= 0.6 is 0 Å². The molecule has 3 aromatic heterocycles. The Morgan fingerprint density at radius 1 is 1.36 bits per heavy atom. The highest BCUT2D eigenvalue weighted by Gasteiger charge is 2.17. The normalized spacial score (nSPS) is 10.8. The smallest absolute Gasteiger partial charge is 0.254 e. The average molecular weight is 378 g/mol. The second-order valence-electron chi connectivity index (χ2n) is 6.65. The van der Waals surface area contributed by atoms with E-state index in [4.69, 9.17) is 11.0 Å². The van der Waals surface area contributed by atoms with Crippen LogP contribution in [-0.4, -0.2) is 38.2 Å². The molecule has 0 aromatic carbocycles. The predicted molar refractivity (Wildman–Crippen MR) is 107 cm³/mol. The van der Waals surface area contributed by atoms with Crippen molar-refractivity contribution < 1.29 is 4.79 Å². The standard InChI is InChI=1S/C19H22N8O/c1-4-5-22-19(28)14-10-23-16(7-15(14)25-11(2)3)27-18-13(9-24-27)6-12(8-20)17(21)26-18/h6-7,9-11H,4-5H2,1-3H3,(H2,21,26)(H,22,28)(H,23,25). The maximum absolute atomic E-state index is 12.5. The number of carbonyl (C=O) groups is 1. The number of hydrogen-bond donors (Lipinski definition) is 3. The van der Waals surface area contributed by atoms with Crippen LogP contribution in [0, 0.1) is 11.3 Å². The summed E-state index contributed by atoms with van der Waals surface area (Å²) < 4.78 is 1.53. The van der Waals surface area contributed by atoms with Crippen molar-refractivity contribution in [2.24, 2.45) is 0 Å². The molecule has 0 radical (unpaired) electrons. The van der Waals surface area contributed by atoms with E-state index in [0.29, 0.717) is 40.2 Å². The number of nitrogens with zero attached hydrogens (tertiary/aromatic N) is 5. The van der Waals surface area contributed by atoms with Gasteiger partial charge in [0.05, 0.1) is 23.0 Å². The molecule has 0 fully saturated rings. The van der Waals surface area contributed by atoms with E-state index in [2.05, 4.69) is 25.7 Å². The first kappa shape index (κ1) is 19.1. The maximum atomic E-state index is 12.5. The number of carbonyl (C=O) groups excluding carboxylic acids is 1. The average Bonchev–Trinajstić information content (AvgIpc) is 3.07. The Balaban J connectivity index is 2.08. The molecule has 9 nitrogen and oxygen atoms in total. The summed E-state index contributed by atoms with van der Waals surface area (Å²) in [4.78, 5) is 21.1. The Morgan fingerprint density at radius 3 is 2.82 bits per heavy atom. The van der Waals surface area contributed by atoms with Crippen LogP contribution in [0.15, 0.2) is 24.5 Å². The molecule has 0 atom stereocenters. The molecule has 0 spiro atoms. The third-order valence-corrected chi connectivity index (χ3v) is 4.02. The minimum absolute atomic E-state index is 0.120. The lowest BCUT2D eigenvalue weighted by Crippen LogP contribution is -2.26. The highest BCUT2D eigenvalue weighted by molar-refractivity contribution is 5.99. The molecule has 3 heterocycles. The fraction of sp³-hybridized carbons (Fsp3) is 0.316. The van der Waals surface area contributed by atoms with Crippen LogP contribution in [-0.2, 0) is 0 Å². The van der Waals surface area contributed by atoms with Gasteiger partial charge in [-0.3, -0.25) is 4.79 Å². The van der Waals surface area contributed by atoms with E-state index in [0.717, 1.165) is 6.42 Å². The molecule has 0 aliphatic carbocycles. The Labute approximate surface area is 162 Å². The fourth-order valence-electron chi connectivity index (χ4n) is 2.73. The number of amides is 1. The third kappa shape index (κ3) is 3.71. The van der Waals surface area contributed by atoms with Crippen molar-refractivity contribution in [1.82, 2.24) is 25.1 Å². The number of nitrogens with one attached hydrogen (secondary N) is 2. The topological polar surface area (TPSA) is 135 Å². The van der Waals surface area contributed by atoms with Crippen molar-refractivity contribution in [3.05, 3.63) is 35.7 Å². The van der Waals surface area contributed by atoms with Crippen molar-refractivity contribution in [3.8, 4) is 11.9 Å². The molecule has 0 unspecified atom stereocenters. The summed E-state index contributed by atoms with van der Waals surface area (Å²) in [5.74, 6) is 0.435. The summed E-state index contributed by atoms with van der Waals surface area (Å²) in [7, 11) is 0. The minimum Gasteiger partial charge on any atom is -0.383 e. The summed E-state index contributed by atoms with van der Waals surface area (Å²) in [6.07, 6.45) is 3.97. The number of aromatic nitrogens is 4. The molecular formula is C19H22N8O. The van der Waals surface area contributed by atoms with Crippen LogP contribution in [0.4, 0.5) is 11.5 Å². The summed E-state index contributed by atoms with van der Waals surface area (Å²) in [6.45, 7) is 6.57. The summed E-state index contributed by atoms with van der Waals surface area (Å²) >= 11 is 0. The van der Waals surface area contributed by atoms with E-state index in [9.17, 15) is 4.79 Å². The molecule has 1 amide bonds. The lowest BCUT2D eigenvalue weighted by Gasteiger charge is -2.15. The molecule has 0 aliphatic heterocycles. The van der Waals surface area contributed by atoms with Gasteiger partial charge in [0.1, 0.15) is 11.9 Å². The van der Waals surface area contributed by atoms with E-state index in [-0.39, 0.29) is 17.8 Å². The fourth-order valence-corrected chi connectivity index (χ4v) is 2.73. The van der Waals surface area contributed by atoms with Gasteiger partial charge in [-0.15, -0.1) is 0 Å². The monoisotopic (exact) mass is 378 g/mol. The zero-order valence-corrected chi connectivity index (χ0v) is 16.0. The maximum Gasteiger partial charge on any atom is 0.254 e. The van der Waals surface area contributed by atoms with Gasteiger partial charge >= 0.3 is 0 Å². The number of hydrogen-bond acceptors (Lipinski definition) is 7. The van der Waals surface area contributed by atoms with E-state index in [1.54, 1.807) is 18.3 Å². The number of rotatable bonds is 6. The van der Waals surface area contributed by atoms with Gasteiger partial charge in [0.15, 0.2) is 11.5 Å². The second-order valence-corrected chi connectivity index (χ2v) is 6.65. The van der Waals surface area contributed by atoms with Gasteiger partial charge in [-0.1, -0.05) is 6.92 Å². The number of nitrogens with two attached hydrogens (primary N) is 1. The first-order valence-corrected chi connectivity index (χ1v) is 9.04. The molecule has 3 aromatic rings. The van der Waals surface area contributed by atoms with Crippen LogP contribution < -0.4 is 16.4 Å². The van der Waals surface area contributed by atoms with Crippen LogP contribution in [0.5, 0.6) is 0 Å². The van der Waals surface area contributed by atoms with Crippen LogP contribution in [0.2, 0.25) is 0 Å². The van der Waals surface area contributed by atoms with E-state index in [1.165, 1.54) is 10.9 Å².